The molecular weight excluding hydrogens is 671 g/mol. The van der Waals surface area contributed by atoms with Gasteiger partial charge in [-0.25, -0.2) is 0 Å². The number of nitrogens with zero attached hydrogens (tertiary/aromatic N) is 1. The number of benzene rings is 7. The van der Waals surface area contributed by atoms with Crippen molar-refractivity contribution >= 4 is 48.6 Å². The van der Waals surface area contributed by atoms with Crippen LogP contribution >= 0.6 is 11.3 Å². The molecule has 260 valence electrons. The van der Waals surface area contributed by atoms with Gasteiger partial charge in [-0.15, -0.1) is 11.3 Å². The zero-order valence-corrected chi connectivity index (χ0v) is 31.1. The van der Waals surface area contributed by atoms with Gasteiger partial charge in [0.05, 0.1) is 5.69 Å². The smallest absolute Gasteiger partial charge is 0.0554 e. The fraction of sp³-hybridized carbons (Fsp3) is 0.192. The van der Waals surface area contributed by atoms with Crippen LogP contribution in [0.1, 0.15) is 43.2 Å². The molecule has 7 aromatic carbocycles. The Morgan fingerprint density at radius 3 is 1.91 bits per heavy atom. The van der Waals surface area contributed by atoms with Crippen molar-refractivity contribution in [2.75, 3.05) is 4.90 Å². The fourth-order valence-electron chi connectivity index (χ4n) is 12.0. The maximum Gasteiger partial charge on any atom is 0.0554 e. The van der Waals surface area contributed by atoms with Crippen LogP contribution in [-0.2, 0) is 5.41 Å². The minimum Gasteiger partial charge on any atom is -0.310 e. The molecule has 0 aliphatic heterocycles. The highest BCUT2D eigenvalue weighted by atomic mass is 32.1. The Labute approximate surface area is 321 Å². The molecule has 0 unspecified atom stereocenters. The Kier molecular flexibility index (Phi) is 6.75. The van der Waals surface area contributed by atoms with E-state index >= 15 is 0 Å². The molecule has 4 bridgehead atoms. The second-order valence-electron chi connectivity index (χ2n) is 16.5. The van der Waals surface area contributed by atoms with Gasteiger partial charge in [-0.05, 0) is 149 Å². The largest absolute Gasteiger partial charge is 0.310 e. The Hall–Kier alpha value is -5.44. The summed E-state index contributed by atoms with van der Waals surface area (Å²) in [6.45, 7) is 0. The van der Waals surface area contributed by atoms with E-state index in [2.05, 4.69) is 169 Å². The third-order valence-electron chi connectivity index (χ3n) is 13.8. The second kappa shape index (κ2) is 11.8. The lowest BCUT2D eigenvalue weighted by Crippen LogP contribution is -2.55. The summed E-state index contributed by atoms with van der Waals surface area (Å²) in [5, 5.41) is 2.62. The lowest BCUT2D eigenvalue weighted by molar-refractivity contribution is -0.0399. The molecule has 13 rings (SSSR count). The van der Waals surface area contributed by atoms with Crippen LogP contribution in [0.25, 0.3) is 53.6 Å². The maximum absolute atomic E-state index is 2.55. The molecule has 5 aliphatic rings. The molecule has 8 aromatic rings. The van der Waals surface area contributed by atoms with Crippen molar-refractivity contribution in [3.63, 3.8) is 0 Å². The summed E-state index contributed by atoms with van der Waals surface area (Å²) in [4.78, 5) is 2.47. The van der Waals surface area contributed by atoms with Crippen LogP contribution in [-0.4, -0.2) is 0 Å². The molecule has 1 nitrogen and oxygen atoms in total. The molecule has 0 radical (unpaired) electrons. The quantitative estimate of drug-likeness (QED) is 0.172. The first kappa shape index (κ1) is 31.0. The molecule has 0 atom stereocenters. The zero-order chi connectivity index (χ0) is 35.4. The minimum atomic E-state index is 0.212. The number of anilines is 3. The third kappa shape index (κ3) is 4.44. The molecule has 2 heteroatoms. The molecule has 0 amide bonds. The van der Waals surface area contributed by atoms with Crippen LogP contribution in [0.3, 0.4) is 0 Å². The summed E-state index contributed by atoms with van der Waals surface area (Å²) < 4.78 is 2.63. The van der Waals surface area contributed by atoms with Gasteiger partial charge >= 0.3 is 0 Å². The van der Waals surface area contributed by atoms with Crippen molar-refractivity contribution in [3.05, 3.63) is 175 Å². The van der Waals surface area contributed by atoms with Crippen molar-refractivity contribution in [3.8, 4) is 33.4 Å². The van der Waals surface area contributed by atoms with Gasteiger partial charge in [0.15, 0.2) is 0 Å². The van der Waals surface area contributed by atoms with Crippen LogP contribution < -0.4 is 4.90 Å². The van der Waals surface area contributed by atoms with Crippen LogP contribution in [0.15, 0.2) is 164 Å². The Balaban J connectivity index is 0.981. The van der Waals surface area contributed by atoms with Gasteiger partial charge < -0.3 is 4.90 Å². The molecule has 4 saturated carbocycles. The van der Waals surface area contributed by atoms with E-state index in [4.69, 9.17) is 0 Å². The summed E-state index contributed by atoms with van der Waals surface area (Å²) >= 11 is 1.88. The van der Waals surface area contributed by atoms with Crippen molar-refractivity contribution in [2.45, 2.75) is 37.5 Å². The average Bonchev–Trinajstić information content (AvgIpc) is 3.75. The average molecular weight is 712 g/mol. The predicted molar refractivity (Wildman–Crippen MR) is 228 cm³/mol. The number of rotatable bonds is 5. The van der Waals surface area contributed by atoms with Gasteiger partial charge in [-0.1, -0.05) is 115 Å². The summed E-state index contributed by atoms with van der Waals surface area (Å²) in [6, 6.07) is 61.7. The predicted octanol–water partition coefficient (Wildman–Crippen LogP) is 14.6. The highest BCUT2D eigenvalue weighted by Gasteiger charge is 2.61. The lowest BCUT2D eigenvalue weighted by Gasteiger charge is -2.61. The standard InChI is InChI=1S/C52H41NS/c1-2-10-35(11-3-1)37-12-8-13-42(31-37)53(48-17-9-19-50-51(48)44-15-5-7-18-49(44)54-50)41-23-20-36(21-24-41)38-22-25-47-45(32-38)43-14-4-6-16-46(43)52(47)39-27-33-26-34(29-39)30-40(52)28-33/h1-25,31-34,39-40H,26-30H2. The first-order valence-corrected chi connectivity index (χ1v) is 20.7. The van der Waals surface area contributed by atoms with Gasteiger partial charge in [-0.3, -0.25) is 0 Å². The van der Waals surface area contributed by atoms with Crippen LogP contribution in [0, 0.1) is 23.7 Å². The molecule has 54 heavy (non-hydrogen) atoms. The number of thiophene rings is 1. The highest BCUT2D eigenvalue weighted by molar-refractivity contribution is 7.26. The molecule has 1 spiro atoms. The molecule has 1 heterocycles. The number of hydrogen-bond acceptors (Lipinski definition) is 2. The Bertz CT molecular complexity index is 2710. The molecule has 4 fully saturated rings. The van der Waals surface area contributed by atoms with Gasteiger partial charge in [-0.2, -0.15) is 0 Å². The molecule has 0 N–H and O–H groups in total. The van der Waals surface area contributed by atoms with Crippen molar-refractivity contribution in [1.82, 2.24) is 0 Å². The normalized spacial score (nSPS) is 23.3. The lowest BCUT2D eigenvalue weighted by atomic mass is 9.43. The molecule has 0 saturated heterocycles. The SMILES string of the molecule is c1ccc(-c2cccc(N(c3ccc(-c4ccc5c(c4)-c4ccccc4C54C5CC6CC(C5)CC4C6)cc3)c3cccc4sc5ccccc5c34)c2)cc1. The van der Waals surface area contributed by atoms with E-state index in [0.29, 0.717) is 0 Å². The van der Waals surface area contributed by atoms with E-state index < -0.39 is 0 Å². The molecular formula is C52H41NS. The van der Waals surface area contributed by atoms with Crippen LogP contribution in [0.2, 0.25) is 0 Å². The maximum atomic E-state index is 2.55. The van der Waals surface area contributed by atoms with E-state index in [1.54, 1.807) is 11.1 Å². The minimum absolute atomic E-state index is 0.212. The Morgan fingerprint density at radius 1 is 0.444 bits per heavy atom. The van der Waals surface area contributed by atoms with Crippen molar-refractivity contribution in [2.24, 2.45) is 23.7 Å². The third-order valence-corrected chi connectivity index (χ3v) is 15.0. The van der Waals surface area contributed by atoms with Gasteiger partial charge in [0.25, 0.3) is 0 Å². The zero-order valence-electron chi connectivity index (χ0n) is 30.3. The summed E-state index contributed by atoms with van der Waals surface area (Å²) in [6.07, 6.45) is 7.17. The fourth-order valence-corrected chi connectivity index (χ4v) is 13.1. The summed E-state index contributed by atoms with van der Waals surface area (Å²) in [5.41, 5.74) is 15.0. The van der Waals surface area contributed by atoms with E-state index in [0.717, 1.165) is 35.0 Å². The molecule has 1 aromatic heterocycles. The van der Waals surface area contributed by atoms with E-state index in [-0.39, 0.29) is 5.41 Å². The van der Waals surface area contributed by atoms with E-state index in [1.807, 2.05) is 11.3 Å². The number of hydrogen-bond donors (Lipinski definition) is 0. The van der Waals surface area contributed by atoms with E-state index in [1.165, 1.54) is 91.3 Å². The summed E-state index contributed by atoms with van der Waals surface area (Å²) in [5.74, 6) is 3.49. The van der Waals surface area contributed by atoms with Gasteiger partial charge in [0.2, 0.25) is 0 Å². The summed E-state index contributed by atoms with van der Waals surface area (Å²) in [7, 11) is 0. The monoisotopic (exact) mass is 711 g/mol. The number of fused-ring (bicyclic) bond motifs is 6. The first-order valence-electron chi connectivity index (χ1n) is 19.9. The highest BCUT2D eigenvalue weighted by Crippen LogP contribution is 2.69. The topological polar surface area (TPSA) is 3.24 Å². The van der Waals surface area contributed by atoms with E-state index in [9.17, 15) is 0 Å². The van der Waals surface area contributed by atoms with Crippen LogP contribution in [0.5, 0.6) is 0 Å². The Morgan fingerprint density at radius 2 is 1.07 bits per heavy atom. The molecule has 5 aliphatic carbocycles. The van der Waals surface area contributed by atoms with Crippen molar-refractivity contribution in [1.29, 1.82) is 0 Å². The van der Waals surface area contributed by atoms with Gasteiger partial charge in [0, 0.05) is 37.0 Å². The van der Waals surface area contributed by atoms with Gasteiger partial charge in [0.1, 0.15) is 0 Å². The second-order valence-corrected chi connectivity index (χ2v) is 17.6. The van der Waals surface area contributed by atoms with Crippen LogP contribution in [0.4, 0.5) is 17.1 Å². The van der Waals surface area contributed by atoms with Crippen molar-refractivity contribution < 1.29 is 0 Å². The first-order chi connectivity index (χ1) is 26.7.